The molecule has 0 aliphatic carbocycles. The summed E-state index contributed by atoms with van der Waals surface area (Å²) in [6, 6.07) is 13.3. The number of nitrogens with one attached hydrogen (secondary N) is 1. The van der Waals surface area contributed by atoms with Crippen molar-refractivity contribution < 1.29 is 22.4 Å². The maximum atomic E-state index is 13.7. The smallest absolute Gasteiger partial charge is 0.244 e. The Bertz CT molecular complexity index is 983. The first-order chi connectivity index (χ1) is 14.2. The summed E-state index contributed by atoms with van der Waals surface area (Å²) in [5.41, 5.74) is 0.836. The van der Waals surface area contributed by atoms with Crippen LogP contribution in [0.4, 0.5) is 10.1 Å². The summed E-state index contributed by atoms with van der Waals surface area (Å²) in [5.74, 6) is -1.53. The number of benzene rings is 2. The molecule has 0 saturated carbocycles. The first kappa shape index (κ1) is 23.3. The van der Waals surface area contributed by atoms with Gasteiger partial charge in [-0.2, -0.15) is 0 Å². The Balaban J connectivity index is 2.40. The summed E-state index contributed by atoms with van der Waals surface area (Å²) in [6.07, 6.45) is 1.29. The van der Waals surface area contributed by atoms with Gasteiger partial charge in [-0.05, 0) is 30.2 Å². The number of nitrogens with zero attached hydrogens (tertiary/aromatic N) is 2. The molecule has 0 heterocycles. The number of amides is 2. The summed E-state index contributed by atoms with van der Waals surface area (Å²) in [5, 5.41) is 2.55. The van der Waals surface area contributed by atoms with Crippen molar-refractivity contribution in [2.24, 2.45) is 0 Å². The molecule has 2 amide bonds. The highest BCUT2D eigenvalue weighted by Crippen LogP contribution is 2.20. The standard InChI is InChI=1S/C21H26FN3O4S/c1-4-19(21(27)23-2)24(14-16-9-6-5-7-10-16)20(26)15-25(30(3,28)29)18-12-8-11-17(22)13-18/h5-13,19H,4,14-15H2,1-3H3,(H,23,27). The average Bonchev–Trinajstić information content (AvgIpc) is 2.71. The summed E-state index contributed by atoms with van der Waals surface area (Å²) in [6.45, 7) is 1.35. The minimum atomic E-state index is -3.88. The van der Waals surface area contributed by atoms with Gasteiger partial charge in [0, 0.05) is 13.6 Å². The summed E-state index contributed by atoms with van der Waals surface area (Å²) >= 11 is 0. The zero-order chi connectivity index (χ0) is 22.3. The van der Waals surface area contributed by atoms with Crippen LogP contribution in [0, 0.1) is 5.82 Å². The minimum Gasteiger partial charge on any atom is -0.357 e. The van der Waals surface area contributed by atoms with E-state index in [0.29, 0.717) is 6.42 Å². The van der Waals surface area contributed by atoms with Crippen LogP contribution in [0.2, 0.25) is 0 Å². The van der Waals surface area contributed by atoms with Gasteiger partial charge in [0.05, 0.1) is 11.9 Å². The molecule has 30 heavy (non-hydrogen) atoms. The Morgan fingerprint density at radius 2 is 1.77 bits per heavy atom. The molecule has 0 aliphatic heterocycles. The molecule has 0 fully saturated rings. The van der Waals surface area contributed by atoms with E-state index in [-0.39, 0.29) is 18.1 Å². The fourth-order valence-electron chi connectivity index (χ4n) is 3.11. The molecule has 0 aliphatic rings. The number of carbonyl (C=O) groups excluding carboxylic acids is 2. The van der Waals surface area contributed by atoms with Crippen LogP contribution in [0.15, 0.2) is 54.6 Å². The van der Waals surface area contributed by atoms with Gasteiger partial charge in [0.2, 0.25) is 21.8 Å². The quantitative estimate of drug-likeness (QED) is 0.654. The summed E-state index contributed by atoms with van der Waals surface area (Å²) < 4.78 is 39.2. The van der Waals surface area contributed by atoms with Gasteiger partial charge in [-0.1, -0.05) is 43.3 Å². The SMILES string of the molecule is CCC(C(=O)NC)N(Cc1ccccc1)C(=O)CN(c1cccc(F)c1)S(C)(=O)=O. The highest BCUT2D eigenvalue weighted by atomic mass is 32.2. The number of hydrogen-bond acceptors (Lipinski definition) is 4. The topological polar surface area (TPSA) is 86.8 Å². The molecule has 0 spiro atoms. The summed E-state index contributed by atoms with van der Waals surface area (Å²) in [7, 11) is -2.40. The van der Waals surface area contributed by atoms with Crippen LogP contribution in [-0.4, -0.2) is 51.0 Å². The lowest BCUT2D eigenvalue weighted by Gasteiger charge is -2.32. The molecule has 1 unspecified atom stereocenters. The Morgan fingerprint density at radius 1 is 1.10 bits per heavy atom. The van der Waals surface area contributed by atoms with Gasteiger partial charge in [-0.3, -0.25) is 13.9 Å². The molecule has 2 aromatic carbocycles. The Kier molecular flexibility index (Phi) is 7.93. The van der Waals surface area contributed by atoms with Crippen molar-refractivity contribution >= 4 is 27.5 Å². The molecular weight excluding hydrogens is 409 g/mol. The van der Waals surface area contributed by atoms with E-state index in [1.165, 1.54) is 30.1 Å². The molecule has 162 valence electrons. The second-order valence-corrected chi connectivity index (χ2v) is 8.70. The molecule has 7 nitrogen and oxygen atoms in total. The van der Waals surface area contributed by atoms with Crippen molar-refractivity contribution in [3.63, 3.8) is 0 Å². The van der Waals surface area contributed by atoms with E-state index in [1.807, 2.05) is 30.3 Å². The lowest BCUT2D eigenvalue weighted by molar-refractivity contribution is -0.140. The van der Waals surface area contributed by atoms with E-state index < -0.39 is 34.3 Å². The molecule has 0 aromatic heterocycles. The first-order valence-corrected chi connectivity index (χ1v) is 11.3. The number of carbonyl (C=O) groups is 2. The van der Waals surface area contributed by atoms with Crippen LogP contribution < -0.4 is 9.62 Å². The second kappa shape index (κ2) is 10.2. The second-order valence-electron chi connectivity index (χ2n) is 6.80. The Labute approximate surface area is 176 Å². The van der Waals surface area contributed by atoms with Crippen LogP contribution in [0.1, 0.15) is 18.9 Å². The third-order valence-electron chi connectivity index (χ3n) is 4.60. The monoisotopic (exact) mass is 435 g/mol. The molecule has 1 N–H and O–H groups in total. The minimum absolute atomic E-state index is 0.0403. The van der Waals surface area contributed by atoms with Crippen molar-refractivity contribution in [2.75, 3.05) is 24.2 Å². The van der Waals surface area contributed by atoms with Gasteiger partial charge in [0.25, 0.3) is 0 Å². The normalized spacial score (nSPS) is 12.1. The highest BCUT2D eigenvalue weighted by molar-refractivity contribution is 7.92. The van der Waals surface area contributed by atoms with Crippen molar-refractivity contribution in [3.05, 3.63) is 66.0 Å². The fourth-order valence-corrected chi connectivity index (χ4v) is 3.95. The number of sulfonamides is 1. The van der Waals surface area contributed by atoms with Gasteiger partial charge in [0.1, 0.15) is 18.4 Å². The van der Waals surface area contributed by atoms with Crippen molar-refractivity contribution in [1.29, 1.82) is 0 Å². The van der Waals surface area contributed by atoms with Gasteiger partial charge in [0.15, 0.2) is 0 Å². The van der Waals surface area contributed by atoms with Crippen molar-refractivity contribution in [3.8, 4) is 0 Å². The van der Waals surface area contributed by atoms with Gasteiger partial charge < -0.3 is 10.2 Å². The molecule has 9 heteroatoms. The Hall–Kier alpha value is -2.94. The molecule has 2 rings (SSSR count). The van der Waals surface area contributed by atoms with Crippen molar-refractivity contribution in [2.45, 2.75) is 25.9 Å². The van der Waals surface area contributed by atoms with Crippen molar-refractivity contribution in [1.82, 2.24) is 10.2 Å². The average molecular weight is 436 g/mol. The highest BCUT2D eigenvalue weighted by Gasteiger charge is 2.31. The zero-order valence-electron chi connectivity index (χ0n) is 17.2. The number of rotatable bonds is 9. The summed E-state index contributed by atoms with van der Waals surface area (Å²) in [4.78, 5) is 27.0. The van der Waals surface area contributed by atoms with Crippen LogP contribution in [-0.2, 0) is 26.2 Å². The number of likely N-dealkylation sites (N-methyl/N-ethyl adjacent to an activating group) is 1. The number of halogens is 1. The fraction of sp³-hybridized carbons (Fsp3) is 0.333. The first-order valence-electron chi connectivity index (χ1n) is 9.45. The van der Waals surface area contributed by atoms with Crippen LogP contribution in [0.5, 0.6) is 0 Å². The predicted molar refractivity (Wildman–Crippen MR) is 114 cm³/mol. The lowest BCUT2D eigenvalue weighted by Crippen LogP contribution is -2.51. The van der Waals surface area contributed by atoms with E-state index in [0.717, 1.165) is 22.2 Å². The zero-order valence-corrected chi connectivity index (χ0v) is 18.0. The third kappa shape index (κ3) is 6.03. The molecule has 1 atom stereocenters. The Morgan fingerprint density at radius 3 is 2.30 bits per heavy atom. The molecule has 2 aromatic rings. The van der Waals surface area contributed by atoms with Crippen LogP contribution in [0.25, 0.3) is 0 Å². The molecule has 0 saturated heterocycles. The van der Waals surface area contributed by atoms with Gasteiger partial charge >= 0.3 is 0 Å². The van der Waals surface area contributed by atoms with Crippen LogP contribution >= 0.6 is 0 Å². The lowest BCUT2D eigenvalue weighted by atomic mass is 10.1. The van der Waals surface area contributed by atoms with Gasteiger partial charge in [-0.25, -0.2) is 12.8 Å². The van der Waals surface area contributed by atoms with E-state index in [1.54, 1.807) is 6.92 Å². The third-order valence-corrected chi connectivity index (χ3v) is 5.74. The number of anilines is 1. The largest absolute Gasteiger partial charge is 0.357 e. The molecule has 0 radical (unpaired) electrons. The van der Waals surface area contributed by atoms with E-state index in [9.17, 15) is 22.4 Å². The van der Waals surface area contributed by atoms with Crippen LogP contribution in [0.3, 0.4) is 0 Å². The van der Waals surface area contributed by atoms with Gasteiger partial charge in [-0.15, -0.1) is 0 Å². The molecular formula is C21H26FN3O4S. The number of hydrogen-bond donors (Lipinski definition) is 1. The van der Waals surface area contributed by atoms with E-state index in [2.05, 4.69) is 5.32 Å². The maximum absolute atomic E-state index is 13.7. The van der Waals surface area contributed by atoms with E-state index in [4.69, 9.17) is 0 Å². The molecule has 0 bridgehead atoms. The predicted octanol–water partition coefficient (Wildman–Crippen LogP) is 2.15. The van der Waals surface area contributed by atoms with E-state index >= 15 is 0 Å². The maximum Gasteiger partial charge on any atom is 0.244 e.